The Morgan fingerprint density at radius 1 is 1.09 bits per heavy atom. The minimum Gasteiger partial charge on any atom is -0.493 e. The lowest BCUT2D eigenvalue weighted by molar-refractivity contribution is -0.118. The number of anilines is 1. The zero-order chi connectivity index (χ0) is 23.8. The molecular formula is C23H18BrClFN3O4. The summed E-state index contributed by atoms with van der Waals surface area (Å²) < 4.78 is 24.5. The molecular weight excluding hydrogens is 517 g/mol. The molecule has 0 heterocycles. The van der Waals surface area contributed by atoms with Crippen LogP contribution in [0.3, 0.4) is 0 Å². The van der Waals surface area contributed by atoms with Crippen molar-refractivity contribution in [3.8, 4) is 11.5 Å². The number of ether oxygens (including phenoxy) is 2. The lowest BCUT2D eigenvalue weighted by Crippen LogP contribution is -2.20. The Morgan fingerprint density at radius 2 is 1.79 bits per heavy atom. The van der Waals surface area contributed by atoms with E-state index < -0.39 is 17.6 Å². The molecule has 0 fully saturated rings. The van der Waals surface area contributed by atoms with E-state index in [2.05, 4.69) is 31.8 Å². The van der Waals surface area contributed by atoms with Crippen LogP contribution in [0.15, 0.2) is 70.2 Å². The summed E-state index contributed by atoms with van der Waals surface area (Å²) in [5, 5.41) is 7.09. The SMILES string of the molecule is COc1cc(/C=N\NC(=O)c2ccc(Cl)cc2)c(Br)cc1OCC(=O)Nc1ccc(F)cc1. The summed E-state index contributed by atoms with van der Waals surface area (Å²) in [7, 11) is 1.46. The van der Waals surface area contributed by atoms with Crippen LogP contribution in [-0.4, -0.2) is 31.7 Å². The molecule has 0 spiro atoms. The molecule has 0 bridgehead atoms. The molecule has 0 unspecified atom stereocenters. The maximum Gasteiger partial charge on any atom is 0.271 e. The summed E-state index contributed by atoms with van der Waals surface area (Å²) >= 11 is 9.23. The van der Waals surface area contributed by atoms with Crippen LogP contribution in [-0.2, 0) is 4.79 Å². The third kappa shape index (κ3) is 7.03. The number of carbonyl (C=O) groups is 2. The summed E-state index contributed by atoms with van der Waals surface area (Å²) in [6, 6.07) is 15.0. The van der Waals surface area contributed by atoms with Crippen LogP contribution >= 0.6 is 27.5 Å². The van der Waals surface area contributed by atoms with Gasteiger partial charge in [0.05, 0.1) is 13.3 Å². The smallest absolute Gasteiger partial charge is 0.271 e. The Morgan fingerprint density at radius 3 is 2.45 bits per heavy atom. The van der Waals surface area contributed by atoms with Gasteiger partial charge in [-0.05, 0) is 76.6 Å². The molecule has 3 aromatic rings. The topological polar surface area (TPSA) is 89.0 Å². The number of hydrogen-bond donors (Lipinski definition) is 2. The van der Waals surface area contributed by atoms with E-state index in [0.717, 1.165) is 0 Å². The highest BCUT2D eigenvalue weighted by atomic mass is 79.9. The van der Waals surface area contributed by atoms with Crippen molar-refractivity contribution in [2.24, 2.45) is 5.10 Å². The number of methoxy groups -OCH3 is 1. The van der Waals surface area contributed by atoms with Crippen molar-refractivity contribution in [2.75, 3.05) is 19.0 Å². The molecule has 3 aromatic carbocycles. The molecule has 0 radical (unpaired) electrons. The third-order valence-electron chi connectivity index (χ3n) is 4.25. The van der Waals surface area contributed by atoms with Gasteiger partial charge in [0.1, 0.15) is 5.82 Å². The first kappa shape index (κ1) is 24.2. The number of amides is 2. The lowest BCUT2D eigenvalue weighted by Gasteiger charge is -2.13. The van der Waals surface area contributed by atoms with Crippen molar-refractivity contribution < 1.29 is 23.5 Å². The van der Waals surface area contributed by atoms with Gasteiger partial charge in [-0.2, -0.15) is 5.10 Å². The van der Waals surface area contributed by atoms with E-state index in [1.165, 1.54) is 37.6 Å². The standard InChI is InChI=1S/C23H18BrClFN3O4/c1-32-20-10-15(12-27-29-23(31)14-2-4-16(25)5-3-14)19(24)11-21(20)33-13-22(30)28-18-8-6-17(26)7-9-18/h2-12H,13H2,1H3,(H,28,30)(H,29,31)/b27-12-. The lowest BCUT2D eigenvalue weighted by atomic mass is 10.2. The maximum absolute atomic E-state index is 13.0. The molecule has 33 heavy (non-hydrogen) atoms. The van der Waals surface area contributed by atoms with Crippen LogP contribution < -0.4 is 20.2 Å². The highest BCUT2D eigenvalue weighted by molar-refractivity contribution is 9.10. The number of halogens is 3. The Hall–Kier alpha value is -3.43. The molecule has 10 heteroatoms. The molecule has 2 amide bonds. The zero-order valence-electron chi connectivity index (χ0n) is 17.3. The highest BCUT2D eigenvalue weighted by Gasteiger charge is 2.12. The van der Waals surface area contributed by atoms with Gasteiger partial charge in [0.2, 0.25) is 0 Å². The molecule has 0 aliphatic rings. The third-order valence-corrected chi connectivity index (χ3v) is 5.18. The quantitative estimate of drug-likeness (QED) is 0.313. The maximum atomic E-state index is 13.0. The fraction of sp³-hybridized carbons (Fsp3) is 0.0870. The molecule has 0 aliphatic heterocycles. The van der Waals surface area contributed by atoms with E-state index >= 15 is 0 Å². The van der Waals surface area contributed by atoms with Gasteiger partial charge in [0.15, 0.2) is 18.1 Å². The Bertz CT molecular complexity index is 1170. The van der Waals surface area contributed by atoms with Crippen LogP contribution in [0.4, 0.5) is 10.1 Å². The number of rotatable bonds is 8. The largest absolute Gasteiger partial charge is 0.493 e. The Kier molecular flexibility index (Phi) is 8.39. The number of hydrazone groups is 1. The first-order valence-electron chi connectivity index (χ1n) is 9.50. The zero-order valence-corrected chi connectivity index (χ0v) is 19.6. The highest BCUT2D eigenvalue weighted by Crippen LogP contribution is 2.33. The van der Waals surface area contributed by atoms with Crippen LogP contribution in [0.5, 0.6) is 11.5 Å². The van der Waals surface area contributed by atoms with Crippen molar-refractivity contribution in [2.45, 2.75) is 0 Å². The Labute approximate surface area is 202 Å². The molecule has 0 atom stereocenters. The Balaban J connectivity index is 1.61. The van der Waals surface area contributed by atoms with E-state index in [-0.39, 0.29) is 6.61 Å². The number of nitrogens with zero attached hydrogens (tertiary/aromatic N) is 1. The van der Waals surface area contributed by atoms with Crippen molar-refractivity contribution in [3.05, 3.63) is 87.1 Å². The number of carbonyl (C=O) groups excluding carboxylic acids is 2. The molecule has 7 nitrogen and oxygen atoms in total. The summed E-state index contributed by atoms with van der Waals surface area (Å²) in [6.07, 6.45) is 1.44. The van der Waals surface area contributed by atoms with Gasteiger partial charge in [-0.15, -0.1) is 0 Å². The summed E-state index contributed by atoms with van der Waals surface area (Å²) in [5.41, 5.74) is 3.90. The van der Waals surface area contributed by atoms with Crippen LogP contribution in [0.2, 0.25) is 5.02 Å². The summed E-state index contributed by atoms with van der Waals surface area (Å²) in [5.74, 6) is -0.528. The van der Waals surface area contributed by atoms with Gasteiger partial charge < -0.3 is 14.8 Å². The second kappa shape index (κ2) is 11.4. The van der Waals surface area contributed by atoms with Crippen molar-refractivity contribution >= 4 is 51.2 Å². The van der Waals surface area contributed by atoms with Gasteiger partial charge in [-0.1, -0.05) is 11.6 Å². The van der Waals surface area contributed by atoms with E-state index in [0.29, 0.717) is 37.8 Å². The van der Waals surface area contributed by atoms with Crippen LogP contribution in [0, 0.1) is 5.82 Å². The first-order chi connectivity index (χ1) is 15.9. The monoisotopic (exact) mass is 533 g/mol. The van der Waals surface area contributed by atoms with E-state index in [1.54, 1.807) is 36.4 Å². The minimum atomic E-state index is -0.421. The van der Waals surface area contributed by atoms with Gasteiger partial charge in [0.25, 0.3) is 11.8 Å². The number of hydrogen-bond acceptors (Lipinski definition) is 5. The van der Waals surface area contributed by atoms with Crippen LogP contribution in [0.25, 0.3) is 0 Å². The molecule has 3 rings (SSSR count). The fourth-order valence-electron chi connectivity index (χ4n) is 2.62. The van der Waals surface area contributed by atoms with Gasteiger partial charge >= 0.3 is 0 Å². The molecule has 170 valence electrons. The predicted molar refractivity (Wildman–Crippen MR) is 128 cm³/mol. The predicted octanol–water partition coefficient (Wildman–Crippen LogP) is 5.03. The molecule has 2 N–H and O–H groups in total. The second-order valence-electron chi connectivity index (χ2n) is 6.57. The normalized spacial score (nSPS) is 10.7. The van der Waals surface area contributed by atoms with E-state index in [4.69, 9.17) is 21.1 Å². The second-order valence-corrected chi connectivity index (χ2v) is 7.87. The van der Waals surface area contributed by atoms with E-state index in [1.807, 2.05) is 0 Å². The van der Waals surface area contributed by atoms with Crippen molar-refractivity contribution in [1.82, 2.24) is 5.43 Å². The van der Waals surface area contributed by atoms with Gasteiger partial charge in [-0.3, -0.25) is 9.59 Å². The minimum absolute atomic E-state index is 0.287. The van der Waals surface area contributed by atoms with Crippen molar-refractivity contribution in [1.29, 1.82) is 0 Å². The van der Waals surface area contributed by atoms with Crippen LogP contribution in [0.1, 0.15) is 15.9 Å². The molecule has 0 saturated heterocycles. The molecule has 0 aromatic heterocycles. The van der Waals surface area contributed by atoms with Gasteiger partial charge in [0, 0.05) is 26.3 Å². The van der Waals surface area contributed by atoms with E-state index in [9.17, 15) is 14.0 Å². The average Bonchev–Trinajstić information content (AvgIpc) is 2.80. The van der Waals surface area contributed by atoms with Crippen molar-refractivity contribution in [3.63, 3.8) is 0 Å². The first-order valence-corrected chi connectivity index (χ1v) is 10.7. The summed E-state index contributed by atoms with van der Waals surface area (Å²) in [4.78, 5) is 24.2. The molecule has 0 saturated carbocycles. The molecule has 0 aliphatic carbocycles. The number of nitrogens with one attached hydrogen (secondary N) is 2. The number of benzene rings is 3. The fourth-order valence-corrected chi connectivity index (χ4v) is 3.17. The summed E-state index contributed by atoms with van der Waals surface area (Å²) in [6.45, 7) is -0.287. The average molecular weight is 535 g/mol. The van der Waals surface area contributed by atoms with Gasteiger partial charge in [-0.25, -0.2) is 9.82 Å².